The third kappa shape index (κ3) is 3.69. The maximum Gasteiger partial charge on any atom is 0.219 e. The molecule has 0 saturated carbocycles. The molecule has 4 heteroatoms. The van der Waals surface area contributed by atoms with Crippen molar-refractivity contribution in [1.82, 2.24) is 10.3 Å². The van der Waals surface area contributed by atoms with E-state index in [0.717, 1.165) is 34.9 Å². The second-order valence-corrected chi connectivity index (χ2v) is 4.65. The van der Waals surface area contributed by atoms with Crippen molar-refractivity contribution < 1.29 is 4.74 Å². The largest absolute Gasteiger partial charge is 0.439 e. The normalized spacial score (nSPS) is 10.5. The van der Waals surface area contributed by atoms with Gasteiger partial charge in [-0.1, -0.05) is 18.5 Å². The van der Waals surface area contributed by atoms with Crippen molar-refractivity contribution in [3.63, 3.8) is 0 Å². The highest BCUT2D eigenvalue weighted by Crippen LogP contribution is 2.26. The highest BCUT2D eigenvalue weighted by atomic mass is 35.5. The van der Waals surface area contributed by atoms with Crippen LogP contribution in [0.4, 0.5) is 0 Å². The lowest BCUT2D eigenvalue weighted by atomic mass is 10.1. The Kier molecular flexibility index (Phi) is 4.77. The first-order valence-corrected chi connectivity index (χ1v) is 6.66. The van der Waals surface area contributed by atoms with E-state index in [1.54, 1.807) is 6.20 Å². The molecule has 1 N–H and O–H groups in total. The first-order valence-electron chi connectivity index (χ1n) is 6.28. The van der Waals surface area contributed by atoms with Crippen LogP contribution in [0.3, 0.4) is 0 Å². The van der Waals surface area contributed by atoms with Gasteiger partial charge in [0.05, 0.1) is 0 Å². The van der Waals surface area contributed by atoms with Gasteiger partial charge >= 0.3 is 0 Å². The van der Waals surface area contributed by atoms with Gasteiger partial charge in [0.2, 0.25) is 5.88 Å². The van der Waals surface area contributed by atoms with Crippen molar-refractivity contribution in [3.8, 4) is 11.6 Å². The number of nitrogens with zero attached hydrogens (tertiary/aromatic N) is 1. The van der Waals surface area contributed by atoms with E-state index in [2.05, 4.69) is 17.2 Å². The summed E-state index contributed by atoms with van der Waals surface area (Å²) in [5.74, 6) is 1.35. The van der Waals surface area contributed by atoms with Crippen LogP contribution in [0.25, 0.3) is 0 Å². The highest BCUT2D eigenvalue weighted by Gasteiger charge is 2.04. The van der Waals surface area contributed by atoms with Crippen molar-refractivity contribution in [2.45, 2.75) is 19.9 Å². The van der Waals surface area contributed by atoms with Crippen LogP contribution in [0, 0.1) is 0 Å². The fourth-order valence-electron chi connectivity index (χ4n) is 1.83. The number of pyridine rings is 1. The third-order valence-corrected chi connectivity index (χ3v) is 3.17. The molecule has 0 fully saturated rings. The molecule has 2 aromatic rings. The Morgan fingerprint density at radius 1 is 1.26 bits per heavy atom. The Morgan fingerprint density at radius 2 is 2.11 bits per heavy atom. The van der Waals surface area contributed by atoms with Crippen molar-refractivity contribution in [1.29, 1.82) is 0 Å². The van der Waals surface area contributed by atoms with E-state index in [0.29, 0.717) is 5.88 Å². The lowest BCUT2D eigenvalue weighted by molar-refractivity contribution is 0.461. The molecule has 19 heavy (non-hydrogen) atoms. The van der Waals surface area contributed by atoms with Gasteiger partial charge in [0.1, 0.15) is 5.75 Å². The molecule has 1 aromatic heterocycles. The predicted molar refractivity (Wildman–Crippen MR) is 77.9 cm³/mol. The molecule has 0 aliphatic rings. The molecular formula is C15H17ClN2O. The fraction of sp³-hybridized carbons (Fsp3) is 0.267. The number of aryl methyl sites for hydroxylation is 1. The SMILES string of the molecule is CCc1cc(Oc2cc(CNC)ccn2)ccc1Cl. The topological polar surface area (TPSA) is 34.1 Å². The minimum Gasteiger partial charge on any atom is -0.439 e. The average molecular weight is 277 g/mol. The van der Waals surface area contributed by atoms with E-state index < -0.39 is 0 Å². The Morgan fingerprint density at radius 3 is 2.84 bits per heavy atom. The Hall–Kier alpha value is -1.58. The first kappa shape index (κ1) is 13.8. The quantitative estimate of drug-likeness (QED) is 0.902. The van der Waals surface area contributed by atoms with Gasteiger partial charge in [-0.3, -0.25) is 0 Å². The van der Waals surface area contributed by atoms with Crippen molar-refractivity contribution in [2.24, 2.45) is 0 Å². The Labute approximate surface area is 118 Å². The summed E-state index contributed by atoms with van der Waals surface area (Å²) in [5, 5.41) is 3.87. The van der Waals surface area contributed by atoms with Crippen molar-refractivity contribution in [2.75, 3.05) is 7.05 Å². The molecule has 1 aromatic carbocycles. The molecule has 100 valence electrons. The molecule has 0 radical (unpaired) electrons. The van der Waals surface area contributed by atoms with Crippen LogP contribution in [0.5, 0.6) is 11.6 Å². The maximum atomic E-state index is 6.09. The van der Waals surface area contributed by atoms with Crippen LogP contribution in [-0.2, 0) is 13.0 Å². The second-order valence-electron chi connectivity index (χ2n) is 4.24. The van der Waals surface area contributed by atoms with Crippen LogP contribution in [-0.4, -0.2) is 12.0 Å². The minimum absolute atomic E-state index is 0.595. The highest BCUT2D eigenvalue weighted by molar-refractivity contribution is 6.31. The summed E-state index contributed by atoms with van der Waals surface area (Å²) >= 11 is 6.09. The molecule has 0 atom stereocenters. The molecule has 0 spiro atoms. The number of hydrogen-bond acceptors (Lipinski definition) is 3. The summed E-state index contributed by atoms with van der Waals surface area (Å²) in [6.07, 6.45) is 2.63. The van der Waals surface area contributed by atoms with Crippen LogP contribution in [0.2, 0.25) is 5.02 Å². The van der Waals surface area contributed by atoms with Crippen LogP contribution < -0.4 is 10.1 Å². The van der Waals surface area contributed by atoms with E-state index in [-0.39, 0.29) is 0 Å². The number of benzene rings is 1. The summed E-state index contributed by atoms with van der Waals surface area (Å²) in [6, 6.07) is 9.55. The average Bonchev–Trinajstić information content (AvgIpc) is 2.42. The summed E-state index contributed by atoms with van der Waals surface area (Å²) in [6.45, 7) is 2.86. The number of aromatic nitrogens is 1. The zero-order valence-electron chi connectivity index (χ0n) is 11.1. The molecule has 0 saturated heterocycles. The lowest BCUT2D eigenvalue weighted by Gasteiger charge is -2.08. The van der Waals surface area contributed by atoms with E-state index in [1.165, 1.54) is 0 Å². The van der Waals surface area contributed by atoms with Crippen LogP contribution in [0.1, 0.15) is 18.1 Å². The lowest BCUT2D eigenvalue weighted by Crippen LogP contribution is -2.05. The van der Waals surface area contributed by atoms with E-state index in [1.807, 2.05) is 37.4 Å². The molecule has 0 bridgehead atoms. The Balaban J connectivity index is 2.18. The summed E-state index contributed by atoms with van der Waals surface area (Å²) < 4.78 is 5.77. The fourth-order valence-corrected chi connectivity index (χ4v) is 2.08. The van der Waals surface area contributed by atoms with Crippen molar-refractivity contribution >= 4 is 11.6 Å². The number of hydrogen-bond donors (Lipinski definition) is 1. The second kappa shape index (κ2) is 6.55. The summed E-state index contributed by atoms with van der Waals surface area (Å²) in [4.78, 5) is 4.21. The van der Waals surface area contributed by atoms with Gasteiger partial charge in [-0.15, -0.1) is 0 Å². The predicted octanol–water partition coefficient (Wildman–Crippen LogP) is 3.81. The molecule has 2 rings (SSSR count). The minimum atomic E-state index is 0.595. The molecule has 3 nitrogen and oxygen atoms in total. The van der Waals surface area contributed by atoms with Gasteiger partial charge in [-0.05, 0) is 48.9 Å². The van der Waals surface area contributed by atoms with Gasteiger partial charge in [0.25, 0.3) is 0 Å². The van der Waals surface area contributed by atoms with Crippen molar-refractivity contribution in [3.05, 3.63) is 52.7 Å². The maximum absolute atomic E-state index is 6.09. The molecule has 0 unspecified atom stereocenters. The van der Waals surface area contributed by atoms with Crippen LogP contribution >= 0.6 is 11.6 Å². The van der Waals surface area contributed by atoms with E-state index in [9.17, 15) is 0 Å². The van der Waals surface area contributed by atoms with Crippen LogP contribution in [0.15, 0.2) is 36.5 Å². The van der Waals surface area contributed by atoms with Gasteiger partial charge in [0, 0.05) is 23.8 Å². The van der Waals surface area contributed by atoms with E-state index in [4.69, 9.17) is 16.3 Å². The third-order valence-electron chi connectivity index (χ3n) is 2.80. The molecule has 0 aliphatic carbocycles. The molecular weight excluding hydrogens is 260 g/mol. The zero-order chi connectivity index (χ0) is 13.7. The monoisotopic (exact) mass is 276 g/mol. The van der Waals surface area contributed by atoms with Gasteiger partial charge < -0.3 is 10.1 Å². The standard InChI is InChI=1S/C15H17ClN2O/c1-3-12-9-13(4-5-14(12)16)19-15-8-11(10-17-2)6-7-18-15/h4-9,17H,3,10H2,1-2H3. The molecule has 0 aliphatic heterocycles. The number of halogens is 1. The first-order chi connectivity index (χ1) is 9.22. The van der Waals surface area contributed by atoms with E-state index >= 15 is 0 Å². The van der Waals surface area contributed by atoms with Gasteiger partial charge in [0.15, 0.2) is 0 Å². The summed E-state index contributed by atoms with van der Waals surface area (Å²) in [7, 11) is 1.91. The Bertz CT molecular complexity index is 558. The smallest absolute Gasteiger partial charge is 0.219 e. The molecule has 1 heterocycles. The zero-order valence-corrected chi connectivity index (χ0v) is 11.9. The number of nitrogens with one attached hydrogen (secondary N) is 1. The van der Waals surface area contributed by atoms with Gasteiger partial charge in [-0.25, -0.2) is 4.98 Å². The van der Waals surface area contributed by atoms with Gasteiger partial charge in [-0.2, -0.15) is 0 Å². The molecule has 0 amide bonds. The summed E-state index contributed by atoms with van der Waals surface area (Å²) in [5.41, 5.74) is 2.21. The number of rotatable bonds is 5. The number of ether oxygens (including phenoxy) is 1.